The molecule has 2 aromatic rings. The molecule has 0 amide bonds. The summed E-state index contributed by atoms with van der Waals surface area (Å²) >= 11 is 0. The first-order chi connectivity index (χ1) is 9.41. The predicted molar refractivity (Wildman–Crippen MR) is 74.8 cm³/mol. The summed E-state index contributed by atoms with van der Waals surface area (Å²) in [6.07, 6.45) is 2.82. The second-order valence-electron chi connectivity index (χ2n) is 5.00. The first-order valence-corrected chi connectivity index (χ1v) is 6.56. The van der Waals surface area contributed by atoms with Crippen LogP contribution in [0.15, 0.2) is 9.59 Å². The fraction of sp³-hybridized carbons (Fsp3) is 0.538. The smallest absolute Gasteiger partial charge is 0.332 e. The molecule has 0 atom stereocenters. The van der Waals surface area contributed by atoms with E-state index in [1.165, 1.54) is 11.6 Å². The Kier molecular flexibility index (Phi) is 3.87. The summed E-state index contributed by atoms with van der Waals surface area (Å²) in [5.41, 5.74) is -0.0430. The summed E-state index contributed by atoms with van der Waals surface area (Å²) in [6, 6.07) is 0. The number of aromatic nitrogens is 4. The molecule has 0 aliphatic heterocycles. The molecule has 0 unspecified atom stereocenters. The van der Waals surface area contributed by atoms with Crippen molar-refractivity contribution in [3.63, 3.8) is 0 Å². The lowest BCUT2D eigenvalue weighted by molar-refractivity contribution is -0.117. The number of nitrogens with zero attached hydrogens (tertiary/aromatic N) is 3. The molecule has 0 spiro atoms. The zero-order chi connectivity index (χ0) is 14.9. The number of hydrogen-bond acceptors (Lipinski definition) is 4. The van der Waals surface area contributed by atoms with Crippen molar-refractivity contribution in [1.82, 2.24) is 19.1 Å². The van der Waals surface area contributed by atoms with Crippen LogP contribution in [0.25, 0.3) is 11.2 Å². The van der Waals surface area contributed by atoms with Crippen molar-refractivity contribution < 1.29 is 4.79 Å². The van der Waals surface area contributed by atoms with E-state index in [1.807, 2.05) is 0 Å². The van der Waals surface area contributed by atoms with Gasteiger partial charge in [0, 0.05) is 26.9 Å². The molecule has 0 aliphatic carbocycles. The third-order valence-corrected chi connectivity index (χ3v) is 3.34. The van der Waals surface area contributed by atoms with E-state index in [9.17, 15) is 14.4 Å². The average Bonchev–Trinajstić information content (AvgIpc) is 2.83. The second-order valence-corrected chi connectivity index (χ2v) is 5.00. The number of ketones is 1. The minimum Gasteiger partial charge on any atom is -0.336 e. The van der Waals surface area contributed by atoms with E-state index in [2.05, 4.69) is 9.97 Å². The Balaban J connectivity index is 2.28. The maximum absolute atomic E-state index is 12.0. The molecular weight excluding hydrogens is 260 g/mol. The lowest BCUT2D eigenvalue weighted by Gasteiger charge is -2.00. The monoisotopic (exact) mass is 278 g/mol. The van der Waals surface area contributed by atoms with E-state index in [-0.39, 0.29) is 11.3 Å². The molecule has 0 bridgehead atoms. The van der Waals surface area contributed by atoms with Crippen LogP contribution in [-0.2, 0) is 25.3 Å². The minimum atomic E-state index is -0.392. The quantitative estimate of drug-likeness (QED) is 0.794. The standard InChI is InChI=1S/C13H18N4O3/c1-8(18)6-4-5-7-9-14-10-11(15-9)16(2)13(20)17(3)12(10)19/h4-7H2,1-3H3,(H,14,15). The van der Waals surface area contributed by atoms with Gasteiger partial charge in [0.2, 0.25) is 0 Å². The summed E-state index contributed by atoms with van der Waals surface area (Å²) in [5, 5.41) is 0. The fourth-order valence-electron chi connectivity index (χ4n) is 2.16. The molecule has 7 heteroatoms. The van der Waals surface area contributed by atoms with E-state index in [0.29, 0.717) is 29.8 Å². The summed E-state index contributed by atoms with van der Waals surface area (Å²) < 4.78 is 2.41. The summed E-state index contributed by atoms with van der Waals surface area (Å²) in [7, 11) is 3.03. The highest BCUT2D eigenvalue weighted by molar-refractivity contribution is 5.75. The van der Waals surface area contributed by atoms with E-state index in [4.69, 9.17) is 0 Å². The fourth-order valence-corrected chi connectivity index (χ4v) is 2.16. The third-order valence-electron chi connectivity index (χ3n) is 3.34. The SMILES string of the molecule is CC(=O)CCCCc1nc2c([nH]1)c(=O)n(C)c(=O)n2C. The highest BCUT2D eigenvalue weighted by Gasteiger charge is 2.13. The molecule has 108 valence electrons. The van der Waals surface area contributed by atoms with Crippen LogP contribution < -0.4 is 11.2 Å². The number of rotatable bonds is 5. The van der Waals surface area contributed by atoms with Gasteiger partial charge < -0.3 is 9.78 Å². The van der Waals surface area contributed by atoms with Crippen molar-refractivity contribution in [2.24, 2.45) is 14.1 Å². The molecule has 0 aromatic carbocycles. The lowest BCUT2D eigenvalue weighted by atomic mass is 10.1. The van der Waals surface area contributed by atoms with Gasteiger partial charge in [0.25, 0.3) is 5.56 Å². The zero-order valence-corrected chi connectivity index (χ0v) is 11.9. The predicted octanol–water partition coefficient (Wildman–Crippen LogP) is 0.262. The number of carbonyl (C=O) groups excluding carboxylic acids is 1. The van der Waals surface area contributed by atoms with Crippen molar-refractivity contribution in [3.05, 3.63) is 26.7 Å². The molecule has 2 heterocycles. The Morgan fingerprint density at radius 2 is 1.90 bits per heavy atom. The topological polar surface area (TPSA) is 89.8 Å². The van der Waals surface area contributed by atoms with E-state index < -0.39 is 5.69 Å². The van der Waals surface area contributed by atoms with Crippen LogP contribution >= 0.6 is 0 Å². The highest BCUT2D eigenvalue weighted by Crippen LogP contribution is 2.08. The zero-order valence-electron chi connectivity index (χ0n) is 11.9. The molecular formula is C13H18N4O3. The molecule has 0 fully saturated rings. The Labute approximate surface area is 115 Å². The molecule has 1 N–H and O–H groups in total. The number of unbranched alkanes of at least 4 members (excludes halogenated alkanes) is 1. The van der Waals surface area contributed by atoms with E-state index in [1.54, 1.807) is 14.0 Å². The van der Waals surface area contributed by atoms with Gasteiger partial charge in [0.05, 0.1) is 0 Å². The lowest BCUT2D eigenvalue weighted by Crippen LogP contribution is -2.36. The third kappa shape index (κ3) is 2.56. The van der Waals surface area contributed by atoms with Crippen LogP contribution in [-0.4, -0.2) is 24.9 Å². The summed E-state index contributed by atoms with van der Waals surface area (Å²) in [4.78, 5) is 41.9. The van der Waals surface area contributed by atoms with Gasteiger partial charge in [0.1, 0.15) is 17.1 Å². The highest BCUT2D eigenvalue weighted by atomic mass is 16.2. The molecule has 7 nitrogen and oxygen atoms in total. The van der Waals surface area contributed by atoms with E-state index in [0.717, 1.165) is 17.4 Å². The van der Waals surface area contributed by atoms with Crippen molar-refractivity contribution in [2.75, 3.05) is 0 Å². The first-order valence-electron chi connectivity index (χ1n) is 6.56. The van der Waals surface area contributed by atoms with Gasteiger partial charge in [0.15, 0.2) is 5.65 Å². The molecule has 0 radical (unpaired) electrons. The maximum atomic E-state index is 12.0. The largest absolute Gasteiger partial charge is 0.336 e. The summed E-state index contributed by atoms with van der Waals surface area (Å²) in [5.74, 6) is 0.840. The Morgan fingerprint density at radius 1 is 1.20 bits per heavy atom. The van der Waals surface area contributed by atoms with Gasteiger partial charge in [-0.15, -0.1) is 0 Å². The number of Topliss-reactive ketones (excluding diaryl/α,β-unsaturated/α-hetero) is 1. The summed E-state index contributed by atoms with van der Waals surface area (Å²) in [6.45, 7) is 1.57. The number of aryl methyl sites for hydroxylation is 2. The second kappa shape index (κ2) is 5.44. The normalized spacial score (nSPS) is 11.2. The Bertz CT molecular complexity index is 766. The molecule has 0 saturated carbocycles. The number of nitrogens with one attached hydrogen (secondary N) is 1. The molecule has 0 aliphatic rings. The van der Waals surface area contributed by atoms with Gasteiger partial charge in [-0.05, 0) is 19.8 Å². The number of imidazole rings is 1. The maximum Gasteiger partial charge on any atom is 0.332 e. The van der Waals surface area contributed by atoms with E-state index >= 15 is 0 Å². The number of fused-ring (bicyclic) bond motifs is 1. The number of aromatic amines is 1. The Hall–Kier alpha value is -2.18. The minimum absolute atomic E-state index is 0.172. The average molecular weight is 278 g/mol. The van der Waals surface area contributed by atoms with Crippen molar-refractivity contribution in [2.45, 2.75) is 32.6 Å². The van der Waals surface area contributed by atoms with Gasteiger partial charge in [-0.2, -0.15) is 0 Å². The van der Waals surface area contributed by atoms with Gasteiger partial charge >= 0.3 is 5.69 Å². The van der Waals surface area contributed by atoms with Crippen molar-refractivity contribution >= 4 is 16.9 Å². The molecule has 2 rings (SSSR count). The van der Waals surface area contributed by atoms with Crippen LogP contribution in [0.4, 0.5) is 0 Å². The Morgan fingerprint density at radius 3 is 2.55 bits per heavy atom. The van der Waals surface area contributed by atoms with Crippen molar-refractivity contribution in [1.29, 1.82) is 0 Å². The van der Waals surface area contributed by atoms with Crippen LogP contribution in [0.3, 0.4) is 0 Å². The molecule has 20 heavy (non-hydrogen) atoms. The van der Waals surface area contributed by atoms with Crippen LogP contribution in [0.1, 0.15) is 32.0 Å². The first kappa shape index (κ1) is 14.2. The van der Waals surface area contributed by atoms with Gasteiger partial charge in [-0.1, -0.05) is 0 Å². The number of H-pyrrole nitrogens is 1. The van der Waals surface area contributed by atoms with Crippen LogP contribution in [0.2, 0.25) is 0 Å². The number of hydrogen-bond donors (Lipinski definition) is 1. The van der Waals surface area contributed by atoms with Crippen molar-refractivity contribution in [3.8, 4) is 0 Å². The molecule has 0 saturated heterocycles. The van der Waals surface area contributed by atoms with Crippen LogP contribution in [0.5, 0.6) is 0 Å². The number of carbonyl (C=O) groups is 1. The molecule has 2 aromatic heterocycles. The van der Waals surface area contributed by atoms with Gasteiger partial charge in [-0.3, -0.25) is 13.9 Å². The van der Waals surface area contributed by atoms with Gasteiger partial charge in [-0.25, -0.2) is 9.78 Å². The van der Waals surface area contributed by atoms with Crippen LogP contribution in [0, 0.1) is 0 Å².